The number of anilines is 2. The van der Waals surface area contributed by atoms with Crippen LogP contribution in [0.2, 0.25) is 0 Å². The fraction of sp³-hybridized carbons (Fsp3) is 0.538. The van der Waals surface area contributed by atoms with Crippen molar-refractivity contribution in [2.45, 2.75) is 12.5 Å². The minimum atomic E-state index is -0.281. The Morgan fingerprint density at radius 3 is 2.57 bits per heavy atom. The lowest BCUT2D eigenvalue weighted by Gasteiger charge is -2.17. The molecule has 2 amide bonds. The number of hydrogen-bond acceptors (Lipinski definition) is 6. The average molecular weight is 311 g/mol. The second-order valence-corrected chi connectivity index (χ2v) is 6.30. The highest BCUT2D eigenvalue weighted by atomic mass is 32.1. The topological polar surface area (TPSA) is 105 Å². The number of thiophene rings is 1. The van der Waals surface area contributed by atoms with Gasteiger partial charge in [0.2, 0.25) is 0 Å². The van der Waals surface area contributed by atoms with E-state index >= 15 is 0 Å². The van der Waals surface area contributed by atoms with Crippen molar-refractivity contribution >= 4 is 33.8 Å². The maximum absolute atomic E-state index is 12.2. The van der Waals surface area contributed by atoms with Gasteiger partial charge in [-0.3, -0.25) is 9.59 Å². The summed E-state index contributed by atoms with van der Waals surface area (Å²) in [6.45, 7) is 1.43. The summed E-state index contributed by atoms with van der Waals surface area (Å²) in [6, 6.07) is 0.0823. The van der Waals surface area contributed by atoms with Gasteiger partial charge in [0.25, 0.3) is 11.8 Å². The molecule has 0 saturated carbocycles. The molecule has 1 aromatic heterocycles. The lowest BCUT2D eigenvalue weighted by Crippen LogP contribution is -2.28. The Balaban J connectivity index is 2.50. The van der Waals surface area contributed by atoms with Crippen LogP contribution in [0.3, 0.4) is 0 Å². The van der Waals surface area contributed by atoms with Crippen LogP contribution in [-0.4, -0.2) is 57.0 Å². The van der Waals surface area contributed by atoms with E-state index in [9.17, 15) is 9.59 Å². The van der Waals surface area contributed by atoms with E-state index in [2.05, 4.69) is 5.32 Å². The summed E-state index contributed by atoms with van der Waals surface area (Å²) in [5.41, 5.74) is 12.6. The largest absolute Gasteiger partial charge is 0.397 e. The van der Waals surface area contributed by atoms with E-state index in [4.69, 9.17) is 11.5 Å². The minimum Gasteiger partial charge on any atom is -0.397 e. The first kappa shape index (κ1) is 15.6. The van der Waals surface area contributed by atoms with Gasteiger partial charge in [0, 0.05) is 40.3 Å². The fourth-order valence-corrected chi connectivity index (χ4v) is 3.61. The molecule has 0 radical (unpaired) electrons. The molecule has 0 spiro atoms. The van der Waals surface area contributed by atoms with E-state index in [1.165, 1.54) is 16.2 Å². The van der Waals surface area contributed by atoms with Gasteiger partial charge < -0.3 is 26.6 Å². The van der Waals surface area contributed by atoms with Gasteiger partial charge in [-0.25, -0.2) is 0 Å². The number of carbonyl (C=O) groups is 2. The molecular formula is C13H21N5O2S. The molecule has 1 aliphatic heterocycles. The van der Waals surface area contributed by atoms with Crippen molar-refractivity contribution in [2.24, 2.45) is 5.73 Å². The number of hydrogen-bond donors (Lipinski definition) is 3. The van der Waals surface area contributed by atoms with Crippen LogP contribution < -0.4 is 21.7 Å². The second kappa shape index (κ2) is 5.90. The van der Waals surface area contributed by atoms with Gasteiger partial charge in [0.1, 0.15) is 9.88 Å². The van der Waals surface area contributed by atoms with E-state index in [1.807, 2.05) is 4.90 Å². The lowest BCUT2D eigenvalue weighted by atomic mass is 10.2. The molecule has 2 rings (SSSR count). The van der Waals surface area contributed by atoms with Crippen LogP contribution in [0.25, 0.3) is 0 Å². The molecule has 8 heteroatoms. The maximum atomic E-state index is 12.2. The molecule has 0 aliphatic carbocycles. The summed E-state index contributed by atoms with van der Waals surface area (Å²) < 4.78 is 0. The Labute approximate surface area is 127 Å². The summed E-state index contributed by atoms with van der Waals surface area (Å²) in [6.07, 6.45) is 0.863. The quantitative estimate of drug-likeness (QED) is 0.725. The van der Waals surface area contributed by atoms with Crippen molar-refractivity contribution in [3.05, 3.63) is 10.4 Å². The number of rotatable bonds is 3. The van der Waals surface area contributed by atoms with E-state index < -0.39 is 0 Å². The average Bonchev–Trinajstić information content (AvgIpc) is 3.00. The van der Waals surface area contributed by atoms with Crippen LogP contribution in [-0.2, 0) is 0 Å². The van der Waals surface area contributed by atoms with E-state index in [-0.39, 0.29) is 23.5 Å². The van der Waals surface area contributed by atoms with Crippen molar-refractivity contribution < 1.29 is 9.59 Å². The first-order chi connectivity index (χ1) is 9.86. The van der Waals surface area contributed by atoms with Gasteiger partial charge in [-0.2, -0.15) is 0 Å². The predicted octanol–water partition coefficient (Wildman–Crippen LogP) is -0.0709. The van der Waals surface area contributed by atoms with Gasteiger partial charge >= 0.3 is 0 Å². The number of carbonyl (C=O) groups excluding carboxylic acids is 2. The SMILES string of the molecule is CNC(=O)c1c(N2CCC(N)C2)sc(C(=O)N(C)C)c1N. The highest BCUT2D eigenvalue weighted by Crippen LogP contribution is 2.40. The second-order valence-electron chi connectivity index (χ2n) is 5.30. The minimum absolute atomic E-state index is 0.0823. The van der Waals surface area contributed by atoms with E-state index in [0.29, 0.717) is 17.0 Å². The van der Waals surface area contributed by atoms with Crippen LogP contribution in [0, 0.1) is 0 Å². The van der Waals surface area contributed by atoms with Gasteiger partial charge in [-0.05, 0) is 6.42 Å². The molecule has 5 N–H and O–H groups in total. The third-order valence-corrected chi connectivity index (χ3v) is 4.75. The van der Waals surface area contributed by atoms with Gasteiger partial charge in [-0.15, -0.1) is 11.3 Å². The lowest BCUT2D eigenvalue weighted by molar-refractivity contribution is 0.0833. The van der Waals surface area contributed by atoms with Crippen LogP contribution >= 0.6 is 11.3 Å². The molecule has 1 aromatic rings. The van der Waals surface area contributed by atoms with E-state index in [1.54, 1.807) is 21.1 Å². The van der Waals surface area contributed by atoms with Gasteiger partial charge in [0.15, 0.2) is 0 Å². The molecular weight excluding hydrogens is 290 g/mol. The van der Waals surface area contributed by atoms with Crippen LogP contribution in [0.1, 0.15) is 26.5 Å². The van der Waals surface area contributed by atoms with Crippen LogP contribution in [0.5, 0.6) is 0 Å². The summed E-state index contributed by atoms with van der Waals surface area (Å²) in [5, 5.41) is 3.31. The zero-order chi connectivity index (χ0) is 15.7. The molecule has 0 aromatic carbocycles. The highest BCUT2D eigenvalue weighted by molar-refractivity contribution is 7.19. The third kappa shape index (κ3) is 2.81. The Morgan fingerprint density at radius 2 is 2.10 bits per heavy atom. The number of amides is 2. The predicted molar refractivity (Wildman–Crippen MR) is 84.9 cm³/mol. The first-order valence-electron chi connectivity index (χ1n) is 6.73. The molecule has 116 valence electrons. The maximum Gasteiger partial charge on any atom is 0.265 e. The van der Waals surface area contributed by atoms with Crippen molar-refractivity contribution in [3.63, 3.8) is 0 Å². The Bertz CT molecular complexity index is 569. The summed E-state index contributed by atoms with van der Waals surface area (Å²) >= 11 is 1.26. The monoisotopic (exact) mass is 311 g/mol. The Morgan fingerprint density at radius 1 is 1.43 bits per heavy atom. The third-order valence-electron chi connectivity index (χ3n) is 3.49. The van der Waals surface area contributed by atoms with Crippen molar-refractivity contribution in [2.75, 3.05) is 44.9 Å². The summed E-state index contributed by atoms with van der Waals surface area (Å²) in [7, 11) is 4.87. The zero-order valence-corrected chi connectivity index (χ0v) is 13.3. The summed E-state index contributed by atoms with van der Waals surface area (Å²) in [5.74, 6) is -0.477. The van der Waals surface area contributed by atoms with Crippen molar-refractivity contribution in [1.29, 1.82) is 0 Å². The number of nitrogens with two attached hydrogens (primary N) is 2. The van der Waals surface area contributed by atoms with Crippen molar-refractivity contribution in [3.8, 4) is 0 Å². The Kier molecular flexibility index (Phi) is 4.38. The molecule has 0 bridgehead atoms. The van der Waals surface area contributed by atoms with Gasteiger partial charge in [0.05, 0.1) is 11.3 Å². The fourth-order valence-electron chi connectivity index (χ4n) is 2.33. The van der Waals surface area contributed by atoms with Crippen molar-refractivity contribution in [1.82, 2.24) is 10.2 Å². The molecule has 1 saturated heterocycles. The highest BCUT2D eigenvalue weighted by Gasteiger charge is 2.31. The van der Waals surface area contributed by atoms with Gasteiger partial charge in [-0.1, -0.05) is 0 Å². The normalized spacial score (nSPS) is 17.9. The number of nitrogens with one attached hydrogen (secondary N) is 1. The Hall–Kier alpha value is -1.80. The molecule has 7 nitrogen and oxygen atoms in total. The summed E-state index contributed by atoms with van der Waals surface area (Å²) in [4.78, 5) is 28.2. The zero-order valence-electron chi connectivity index (χ0n) is 12.5. The smallest absolute Gasteiger partial charge is 0.265 e. The molecule has 2 heterocycles. The molecule has 1 atom stereocenters. The number of nitrogen functional groups attached to an aromatic ring is 1. The standard InChI is InChI=1S/C13H21N5O2S/c1-16-11(19)8-9(15)10(12(20)17(2)3)21-13(8)18-5-4-7(14)6-18/h7H,4-6,14-15H2,1-3H3,(H,16,19). The van der Waals surface area contributed by atoms with E-state index in [0.717, 1.165) is 18.0 Å². The van der Waals surface area contributed by atoms with Crippen LogP contribution in [0.4, 0.5) is 10.7 Å². The molecule has 1 fully saturated rings. The molecule has 21 heavy (non-hydrogen) atoms. The molecule has 1 aliphatic rings. The molecule has 1 unspecified atom stereocenters. The number of nitrogens with zero attached hydrogens (tertiary/aromatic N) is 2. The first-order valence-corrected chi connectivity index (χ1v) is 7.55. The van der Waals surface area contributed by atoms with Crippen LogP contribution in [0.15, 0.2) is 0 Å².